The predicted molar refractivity (Wildman–Crippen MR) is 63.2 cm³/mol. The third-order valence-electron chi connectivity index (χ3n) is 1.96. The van der Waals surface area contributed by atoms with E-state index in [4.69, 9.17) is 32.7 Å². The highest BCUT2D eigenvalue weighted by atomic mass is 35.5. The first-order valence-electron chi connectivity index (χ1n) is 4.74. The molecular formula is C11H12Cl2O3. The van der Waals surface area contributed by atoms with Crippen LogP contribution >= 0.6 is 23.2 Å². The van der Waals surface area contributed by atoms with Crippen molar-refractivity contribution in [3.05, 3.63) is 28.8 Å². The summed E-state index contributed by atoms with van der Waals surface area (Å²) >= 11 is 11.8. The van der Waals surface area contributed by atoms with Crippen LogP contribution in [0.25, 0.3) is 0 Å². The summed E-state index contributed by atoms with van der Waals surface area (Å²) in [6.45, 7) is 2.02. The van der Waals surface area contributed by atoms with Crippen molar-refractivity contribution >= 4 is 29.2 Å². The zero-order valence-electron chi connectivity index (χ0n) is 9.00. The maximum Gasteiger partial charge on any atom is 0.328 e. The Bertz CT molecular complexity index is 379. The third-order valence-corrected chi connectivity index (χ3v) is 2.69. The van der Waals surface area contributed by atoms with Gasteiger partial charge < -0.3 is 9.47 Å². The molecule has 5 heteroatoms. The van der Waals surface area contributed by atoms with E-state index in [1.807, 2.05) is 0 Å². The van der Waals surface area contributed by atoms with Crippen molar-refractivity contribution in [3.63, 3.8) is 0 Å². The number of hydrogen-bond acceptors (Lipinski definition) is 3. The van der Waals surface area contributed by atoms with Gasteiger partial charge in [0.05, 0.1) is 18.7 Å². The third kappa shape index (κ3) is 3.03. The Morgan fingerprint density at radius 2 is 2.19 bits per heavy atom. The van der Waals surface area contributed by atoms with Crippen LogP contribution in [0.4, 0.5) is 0 Å². The van der Waals surface area contributed by atoms with Gasteiger partial charge in [0, 0.05) is 0 Å². The summed E-state index contributed by atoms with van der Waals surface area (Å²) in [5.41, 5.74) is 0.589. The fourth-order valence-electron chi connectivity index (χ4n) is 1.19. The van der Waals surface area contributed by atoms with Crippen LogP contribution in [0.2, 0.25) is 5.02 Å². The van der Waals surface area contributed by atoms with Gasteiger partial charge in [0.2, 0.25) is 0 Å². The molecule has 0 aliphatic heterocycles. The van der Waals surface area contributed by atoms with E-state index in [0.29, 0.717) is 22.9 Å². The number of hydrogen-bond donors (Lipinski definition) is 0. The molecule has 1 atom stereocenters. The molecule has 0 saturated carbocycles. The molecule has 0 radical (unpaired) electrons. The Kier molecular flexibility index (Phi) is 4.90. The summed E-state index contributed by atoms with van der Waals surface area (Å²) in [7, 11) is 1.52. The van der Waals surface area contributed by atoms with Crippen molar-refractivity contribution in [1.82, 2.24) is 0 Å². The molecule has 1 rings (SSSR count). The summed E-state index contributed by atoms with van der Waals surface area (Å²) in [5, 5.41) is -0.432. The second-order valence-electron chi connectivity index (χ2n) is 3.01. The molecule has 0 N–H and O–H groups in total. The van der Waals surface area contributed by atoms with Gasteiger partial charge in [-0.25, -0.2) is 0 Å². The van der Waals surface area contributed by atoms with Crippen LogP contribution in [0.1, 0.15) is 17.9 Å². The van der Waals surface area contributed by atoms with E-state index in [9.17, 15) is 4.79 Å². The zero-order chi connectivity index (χ0) is 12.1. The quantitative estimate of drug-likeness (QED) is 0.618. The van der Waals surface area contributed by atoms with Gasteiger partial charge in [-0.2, -0.15) is 0 Å². The lowest BCUT2D eigenvalue weighted by Gasteiger charge is -2.10. The smallest absolute Gasteiger partial charge is 0.328 e. The molecule has 0 aromatic heterocycles. The van der Waals surface area contributed by atoms with Gasteiger partial charge in [-0.1, -0.05) is 17.7 Å². The highest BCUT2D eigenvalue weighted by Gasteiger charge is 2.19. The molecule has 1 unspecified atom stereocenters. The lowest BCUT2D eigenvalue weighted by atomic mass is 10.1. The summed E-state index contributed by atoms with van der Waals surface area (Å²) in [6.07, 6.45) is 0. The Morgan fingerprint density at radius 1 is 1.50 bits per heavy atom. The van der Waals surface area contributed by atoms with Crippen LogP contribution in [0.15, 0.2) is 18.2 Å². The molecule has 0 saturated heterocycles. The molecular weight excluding hydrogens is 251 g/mol. The van der Waals surface area contributed by atoms with E-state index in [1.165, 1.54) is 7.11 Å². The molecule has 1 aromatic carbocycles. The minimum Gasteiger partial charge on any atom is -0.495 e. The Balaban J connectivity index is 2.88. The van der Waals surface area contributed by atoms with Gasteiger partial charge in [0.1, 0.15) is 5.75 Å². The maximum absolute atomic E-state index is 11.4. The SMILES string of the molecule is CCOC(=O)C(Cl)c1ccc(OC)c(Cl)c1. The first kappa shape index (κ1) is 13.1. The molecule has 0 aliphatic rings. The van der Waals surface area contributed by atoms with E-state index in [-0.39, 0.29) is 0 Å². The largest absolute Gasteiger partial charge is 0.495 e. The summed E-state index contributed by atoms with van der Waals surface area (Å²) < 4.78 is 9.81. The van der Waals surface area contributed by atoms with E-state index < -0.39 is 11.3 Å². The van der Waals surface area contributed by atoms with E-state index in [0.717, 1.165) is 0 Å². The minimum absolute atomic E-state index is 0.298. The number of carbonyl (C=O) groups excluding carboxylic acids is 1. The molecule has 0 amide bonds. The van der Waals surface area contributed by atoms with Crippen LogP contribution in [-0.2, 0) is 9.53 Å². The number of esters is 1. The van der Waals surface area contributed by atoms with Crippen molar-refractivity contribution in [3.8, 4) is 5.75 Å². The summed E-state index contributed by atoms with van der Waals surface area (Å²) in [4.78, 5) is 11.4. The highest BCUT2D eigenvalue weighted by molar-refractivity contribution is 6.33. The molecule has 0 aliphatic carbocycles. The van der Waals surface area contributed by atoms with Crippen molar-refractivity contribution in [2.45, 2.75) is 12.3 Å². The Hall–Kier alpha value is -0.930. The molecule has 0 fully saturated rings. The molecule has 0 bridgehead atoms. The van der Waals surface area contributed by atoms with Gasteiger partial charge in [-0.15, -0.1) is 11.6 Å². The number of benzene rings is 1. The van der Waals surface area contributed by atoms with Crippen molar-refractivity contribution in [2.75, 3.05) is 13.7 Å². The van der Waals surface area contributed by atoms with Gasteiger partial charge in [0.25, 0.3) is 0 Å². The first-order chi connectivity index (χ1) is 7.60. The molecule has 3 nitrogen and oxygen atoms in total. The first-order valence-corrected chi connectivity index (χ1v) is 5.55. The second-order valence-corrected chi connectivity index (χ2v) is 3.85. The fourth-order valence-corrected chi connectivity index (χ4v) is 1.66. The minimum atomic E-state index is -0.844. The van der Waals surface area contributed by atoms with E-state index in [2.05, 4.69) is 0 Å². The molecule has 0 spiro atoms. The van der Waals surface area contributed by atoms with Gasteiger partial charge in [-0.05, 0) is 24.6 Å². The number of methoxy groups -OCH3 is 1. The van der Waals surface area contributed by atoms with Gasteiger partial charge >= 0.3 is 5.97 Å². The second kappa shape index (κ2) is 5.97. The van der Waals surface area contributed by atoms with Crippen LogP contribution < -0.4 is 4.74 Å². The fraction of sp³-hybridized carbons (Fsp3) is 0.364. The van der Waals surface area contributed by atoms with Crippen molar-refractivity contribution < 1.29 is 14.3 Å². The lowest BCUT2D eigenvalue weighted by molar-refractivity contribution is -0.142. The van der Waals surface area contributed by atoms with Crippen LogP contribution in [0.5, 0.6) is 5.75 Å². The summed E-state index contributed by atoms with van der Waals surface area (Å²) in [6, 6.07) is 4.93. The highest BCUT2D eigenvalue weighted by Crippen LogP contribution is 2.30. The number of carbonyl (C=O) groups is 1. The van der Waals surface area contributed by atoms with Gasteiger partial charge in [0.15, 0.2) is 5.38 Å². The maximum atomic E-state index is 11.4. The van der Waals surface area contributed by atoms with E-state index in [1.54, 1.807) is 25.1 Å². The Morgan fingerprint density at radius 3 is 2.69 bits per heavy atom. The van der Waals surface area contributed by atoms with Crippen molar-refractivity contribution in [1.29, 1.82) is 0 Å². The van der Waals surface area contributed by atoms with Crippen LogP contribution in [0, 0.1) is 0 Å². The normalized spacial score (nSPS) is 12.0. The number of rotatable bonds is 4. The topological polar surface area (TPSA) is 35.5 Å². The van der Waals surface area contributed by atoms with Crippen molar-refractivity contribution in [2.24, 2.45) is 0 Å². The molecule has 88 valence electrons. The van der Waals surface area contributed by atoms with Gasteiger partial charge in [-0.3, -0.25) is 4.79 Å². The average Bonchev–Trinajstić information content (AvgIpc) is 2.28. The van der Waals surface area contributed by atoms with Crippen LogP contribution in [-0.4, -0.2) is 19.7 Å². The number of halogens is 2. The number of alkyl halides is 1. The Labute approximate surface area is 104 Å². The monoisotopic (exact) mass is 262 g/mol. The zero-order valence-corrected chi connectivity index (χ0v) is 10.5. The van der Waals surface area contributed by atoms with Crippen LogP contribution in [0.3, 0.4) is 0 Å². The lowest BCUT2D eigenvalue weighted by Crippen LogP contribution is -2.11. The molecule has 16 heavy (non-hydrogen) atoms. The summed E-state index contributed by atoms with van der Waals surface area (Å²) in [5.74, 6) is 0.0588. The average molecular weight is 263 g/mol. The molecule has 0 heterocycles. The van der Waals surface area contributed by atoms with E-state index >= 15 is 0 Å². The predicted octanol–water partition coefficient (Wildman–Crippen LogP) is 3.19. The standard InChI is InChI=1S/C11H12Cl2O3/c1-3-16-11(14)10(13)7-4-5-9(15-2)8(12)6-7/h4-6,10H,3H2,1-2H3. The number of ether oxygens (including phenoxy) is 2. The molecule has 1 aromatic rings.